The second kappa shape index (κ2) is 7.85. The number of aromatic hydroxyl groups is 2. The summed E-state index contributed by atoms with van der Waals surface area (Å²) in [5, 5.41) is 20.8. The quantitative estimate of drug-likeness (QED) is 0.288. The summed E-state index contributed by atoms with van der Waals surface area (Å²) in [6, 6.07) is 9.91. The minimum atomic E-state index is -4.10. The van der Waals surface area contributed by atoms with Crippen molar-refractivity contribution in [3.63, 3.8) is 0 Å². The van der Waals surface area contributed by atoms with Gasteiger partial charge in [0.2, 0.25) is 0 Å². The molecule has 1 heterocycles. The number of fused-ring (bicyclic) bond motifs is 1. The highest BCUT2D eigenvalue weighted by Gasteiger charge is 2.53. The maximum atomic E-state index is 13.1. The highest BCUT2D eigenvalue weighted by atomic mass is 79.9. The van der Waals surface area contributed by atoms with E-state index in [0.717, 1.165) is 0 Å². The molecule has 0 fully saturated rings. The molecular formula is C21H14Br4O5S. The molecule has 0 aromatic heterocycles. The van der Waals surface area contributed by atoms with Gasteiger partial charge in [-0.3, -0.25) is 0 Å². The maximum absolute atomic E-state index is 13.1. The van der Waals surface area contributed by atoms with Crippen molar-refractivity contribution in [2.75, 3.05) is 0 Å². The van der Waals surface area contributed by atoms with Gasteiger partial charge in [0.1, 0.15) is 16.4 Å². The molecule has 4 rings (SSSR count). The average molecular weight is 702 g/mol. The number of phenolic OH excluding ortho intramolecular Hbond substituents is 2. The Morgan fingerprint density at radius 2 is 1.26 bits per heavy atom. The van der Waals surface area contributed by atoms with Crippen molar-refractivity contribution < 1.29 is 22.8 Å². The van der Waals surface area contributed by atoms with Gasteiger partial charge in [0.05, 0.1) is 17.9 Å². The van der Waals surface area contributed by atoms with Gasteiger partial charge < -0.3 is 10.2 Å². The predicted molar refractivity (Wildman–Crippen MR) is 131 cm³/mol. The van der Waals surface area contributed by atoms with Crippen LogP contribution in [0.25, 0.3) is 0 Å². The van der Waals surface area contributed by atoms with E-state index in [-0.39, 0.29) is 16.4 Å². The Balaban J connectivity index is 2.26. The number of benzene rings is 3. The van der Waals surface area contributed by atoms with Gasteiger partial charge in [0.15, 0.2) is 5.60 Å². The zero-order valence-electron chi connectivity index (χ0n) is 16.0. The molecule has 2 N–H and O–H groups in total. The lowest BCUT2D eigenvalue weighted by Gasteiger charge is -2.33. The van der Waals surface area contributed by atoms with Gasteiger partial charge in [-0.15, -0.1) is 0 Å². The molecule has 5 nitrogen and oxygen atoms in total. The first kappa shape index (κ1) is 23.3. The summed E-state index contributed by atoms with van der Waals surface area (Å²) in [6.07, 6.45) is 0. The van der Waals surface area contributed by atoms with Gasteiger partial charge in [-0.05, 0) is 118 Å². The van der Waals surface area contributed by atoms with Gasteiger partial charge in [-0.1, -0.05) is 18.2 Å². The van der Waals surface area contributed by atoms with E-state index < -0.39 is 15.7 Å². The lowest BCUT2D eigenvalue weighted by Crippen LogP contribution is -2.32. The summed E-state index contributed by atoms with van der Waals surface area (Å²) < 4.78 is 33.8. The van der Waals surface area contributed by atoms with Gasteiger partial charge >= 0.3 is 0 Å². The third-order valence-corrected chi connectivity index (χ3v) is 9.92. The molecule has 1 aliphatic heterocycles. The highest BCUT2D eigenvalue weighted by molar-refractivity contribution is 9.11. The molecule has 31 heavy (non-hydrogen) atoms. The zero-order chi connectivity index (χ0) is 22.9. The molecule has 0 saturated heterocycles. The zero-order valence-corrected chi connectivity index (χ0v) is 23.2. The fourth-order valence-corrected chi connectivity index (χ4v) is 7.55. The Morgan fingerprint density at radius 1 is 0.806 bits per heavy atom. The van der Waals surface area contributed by atoms with Gasteiger partial charge in [0, 0.05) is 5.56 Å². The summed E-state index contributed by atoms with van der Waals surface area (Å²) in [6.45, 7) is 3.54. The van der Waals surface area contributed by atoms with Crippen LogP contribution in [0.5, 0.6) is 11.5 Å². The Kier molecular flexibility index (Phi) is 5.89. The second-order valence-corrected chi connectivity index (χ2v) is 11.9. The molecule has 0 atom stereocenters. The predicted octanol–water partition coefficient (Wildman–Crippen LogP) is 6.78. The summed E-state index contributed by atoms with van der Waals surface area (Å²) >= 11 is 13.5. The molecule has 3 aromatic carbocycles. The Hall–Kier alpha value is -0.910. The van der Waals surface area contributed by atoms with E-state index in [9.17, 15) is 18.6 Å². The van der Waals surface area contributed by atoms with Crippen LogP contribution in [-0.4, -0.2) is 18.6 Å². The van der Waals surface area contributed by atoms with Crippen molar-refractivity contribution in [1.29, 1.82) is 0 Å². The first-order valence-corrected chi connectivity index (χ1v) is 13.4. The fraction of sp³-hybridized carbons (Fsp3) is 0.143. The van der Waals surface area contributed by atoms with Crippen molar-refractivity contribution >= 4 is 73.8 Å². The molecule has 0 spiro atoms. The number of hydrogen-bond donors (Lipinski definition) is 2. The van der Waals surface area contributed by atoms with Gasteiger partial charge in [-0.2, -0.15) is 8.42 Å². The molecule has 1 aliphatic rings. The average Bonchev–Trinajstić information content (AvgIpc) is 2.98. The van der Waals surface area contributed by atoms with E-state index in [1.807, 2.05) is 0 Å². The standard InChI is InChI=1S/C21H14Br4O5S/c1-9-12(7-14(22)19(26)17(9)24)21(13-8-15(23)20(27)18(25)10(13)2)11-5-3-4-6-16(11)31(28,29)30-21/h3-8,26-27H,1-2H3/i1+2,2+2. The number of halogens is 4. The molecule has 0 unspecified atom stereocenters. The van der Waals surface area contributed by atoms with Crippen LogP contribution in [0.3, 0.4) is 0 Å². The molecule has 3 aromatic rings. The second-order valence-electron chi connectivity index (χ2n) is 7.10. The molecule has 0 bridgehead atoms. The minimum absolute atomic E-state index is 0.00433. The van der Waals surface area contributed by atoms with E-state index in [0.29, 0.717) is 45.7 Å². The summed E-state index contributed by atoms with van der Waals surface area (Å²) in [7, 11) is -4.10. The van der Waals surface area contributed by atoms with Crippen LogP contribution in [0.2, 0.25) is 0 Å². The van der Waals surface area contributed by atoms with Crippen LogP contribution >= 0.6 is 63.7 Å². The van der Waals surface area contributed by atoms with Crippen molar-refractivity contribution in [3.05, 3.63) is 82.1 Å². The van der Waals surface area contributed by atoms with E-state index in [1.165, 1.54) is 6.07 Å². The Labute approximate surface area is 213 Å². The monoisotopic (exact) mass is 698 g/mol. The lowest BCUT2D eigenvalue weighted by molar-refractivity contribution is 0.178. The third-order valence-electron chi connectivity index (χ3n) is 5.41. The Morgan fingerprint density at radius 3 is 1.74 bits per heavy atom. The summed E-state index contributed by atoms with van der Waals surface area (Å²) in [5.74, 6) is -0.00865. The van der Waals surface area contributed by atoms with Gasteiger partial charge in [-0.25, -0.2) is 4.18 Å². The summed E-state index contributed by atoms with van der Waals surface area (Å²) in [5.41, 5.74) is 1.13. The van der Waals surface area contributed by atoms with Crippen LogP contribution < -0.4 is 0 Å². The largest absolute Gasteiger partial charge is 0.506 e. The van der Waals surface area contributed by atoms with Gasteiger partial charge in [0.25, 0.3) is 10.1 Å². The molecule has 0 aliphatic carbocycles. The van der Waals surface area contributed by atoms with Crippen LogP contribution in [0.1, 0.15) is 27.8 Å². The molecule has 0 saturated carbocycles. The number of phenols is 2. The number of hydrogen-bond acceptors (Lipinski definition) is 5. The third kappa shape index (κ3) is 3.33. The first-order chi connectivity index (χ1) is 14.4. The van der Waals surface area contributed by atoms with E-state index >= 15 is 0 Å². The first-order valence-electron chi connectivity index (χ1n) is 8.84. The van der Waals surface area contributed by atoms with Crippen LogP contribution in [0, 0.1) is 13.8 Å². The van der Waals surface area contributed by atoms with Crippen molar-refractivity contribution in [2.45, 2.75) is 24.3 Å². The van der Waals surface area contributed by atoms with Crippen LogP contribution in [-0.2, 0) is 19.9 Å². The normalized spacial score (nSPS) is 16.3. The minimum Gasteiger partial charge on any atom is -0.506 e. The smallest absolute Gasteiger partial charge is 0.298 e. The SMILES string of the molecule is [14CH3]c1c(C2(c3cc(Br)c(O)c(Br)c3[14CH3])OS(=O)(=O)c3ccccc32)cc(Br)c(O)c1Br. The van der Waals surface area contributed by atoms with E-state index in [2.05, 4.69) is 63.7 Å². The van der Waals surface area contributed by atoms with Crippen molar-refractivity contribution in [1.82, 2.24) is 0 Å². The fourth-order valence-electron chi connectivity index (χ4n) is 3.89. The van der Waals surface area contributed by atoms with Crippen molar-refractivity contribution in [2.24, 2.45) is 0 Å². The Bertz CT molecular complexity index is 1310. The van der Waals surface area contributed by atoms with E-state index in [4.69, 9.17) is 4.18 Å². The van der Waals surface area contributed by atoms with Crippen LogP contribution in [0.4, 0.5) is 0 Å². The summed E-state index contributed by atoms with van der Waals surface area (Å²) in [4.78, 5) is 0.0643. The molecule has 162 valence electrons. The molecular weight excluding hydrogens is 688 g/mol. The van der Waals surface area contributed by atoms with Crippen LogP contribution in [0.15, 0.2) is 59.2 Å². The van der Waals surface area contributed by atoms with Crippen molar-refractivity contribution in [3.8, 4) is 11.5 Å². The molecule has 0 radical (unpaired) electrons. The maximum Gasteiger partial charge on any atom is 0.298 e. The van der Waals surface area contributed by atoms with E-state index in [1.54, 1.807) is 44.2 Å². The number of rotatable bonds is 2. The topological polar surface area (TPSA) is 83.8 Å². The molecule has 10 heteroatoms. The highest BCUT2D eigenvalue weighted by Crippen LogP contribution is 2.55. The molecule has 0 amide bonds. The lowest BCUT2D eigenvalue weighted by atomic mass is 9.78.